The molecule has 2 aromatic carbocycles. The van der Waals surface area contributed by atoms with Gasteiger partial charge in [-0.15, -0.1) is 0 Å². The van der Waals surface area contributed by atoms with Crippen molar-refractivity contribution < 1.29 is 22.0 Å². The Bertz CT molecular complexity index is 1090. The maximum Gasteiger partial charge on any atom is 0.261 e. The van der Waals surface area contributed by atoms with E-state index in [1.807, 2.05) is 19.9 Å². The highest BCUT2D eigenvalue weighted by molar-refractivity contribution is 7.92. The van der Waals surface area contributed by atoms with Gasteiger partial charge in [-0.3, -0.25) is 9.52 Å². The van der Waals surface area contributed by atoms with Crippen molar-refractivity contribution in [2.24, 2.45) is 0 Å². The molecule has 0 radical (unpaired) electrons. The van der Waals surface area contributed by atoms with E-state index in [1.54, 1.807) is 0 Å². The molecule has 0 fully saturated rings. The van der Waals surface area contributed by atoms with Crippen LogP contribution in [0.1, 0.15) is 27.4 Å². The Balaban J connectivity index is 1.65. The number of benzene rings is 2. The Morgan fingerprint density at radius 2 is 1.68 bits per heavy atom. The monoisotopic (exact) mass is 402 g/mol. The van der Waals surface area contributed by atoms with Gasteiger partial charge in [0.05, 0.1) is 4.90 Å². The quantitative estimate of drug-likeness (QED) is 0.657. The number of rotatable bonds is 6. The predicted molar refractivity (Wildman–Crippen MR) is 103 cm³/mol. The zero-order valence-electron chi connectivity index (χ0n) is 15.3. The van der Waals surface area contributed by atoms with Crippen LogP contribution in [0, 0.1) is 19.7 Å². The summed E-state index contributed by atoms with van der Waals surface area (Å²) in [4.78, 5) is 12.2. The Morgan fingerprint density at radius 3 is 2.25 bits per heavy atom. The molecule has 3 aromatic rings. The minimum absolute atomic E-state index is 0.0542. The molecule has 28 heavy (non-hydrogen) atoms. The lowest BCUT2D eigenvalue weighted by Crippen LogP contribution is -2.22. The number of sulfonamides is 1. The van der Waals surface area contributed by atoms with Gasteiger partial charge in [0.2, 0.25) is 0 Å². The molecule has 0 saturated heterocycles. The molecule has 8 heteroatoms. The van der Waals surface area contributed by atoms with Gasteiger partial charge in [-0.1, -0.05) is 0 Å². The van der Waals surface area contributed by atoms with Crippen molar-refractivity contribution in [3.63, 3.8) is 0 Å². The van der Waals surface area contributed by atoms with Crippen molar-refractivity contribution >= 4 is 21.6 Å². The molecule has 0 aliphatic heterocycles. The van der Waals surface area contributed by atoms with E-state index in [1.165, 1.54) is 36.4 Å². The molecule has 0 aliphatic rings. The number of aryl methyl sites for hydroxylation is 2. The van der Waals surface area contributed by atoms with Gasteiger partial charge in [0.15, 0.2) is 0 Å². The lowest BCUT2D eigenvalue weighted by atomic mass is 10.2. The van der Waals surface area contributed by atoms with Gasteiger partial charge >= 0.3 is 0 Å². The summed E-state index contributed by atoms with van der Waals surface area (Å²) >= 11 is 0. The normalized spacial score (nSPS) is 11.2. The topological polar surface area (TPSA) is 88.4 Å². The van der Waals surface area contributed by atoms with Gasteiger partial charge < -0.3 is 9.73 Å². The molecule has 2 N–H and O–H groups in total. The van der Waals surface area contributed by atoms with Crippen molar-refractivity contribution in [2.45, 2.75) is 25.3 Å². The number of halogens is 1. The lowest BCUT2D eigenvalue weighted by Gasteiger charge is -2.09. The van der Waals surface area contributed by atoms with Crippen LogP contribution in [0.15, 0.2) is 63.9 Å². The van der Waals surface area contributed by atoms with E-state index in [4.69, 9.17) is 4.42 Å². The third-order valence-corrected chi connectivity index (χ3v) is 5.50. The summed E-state index contributed by atoms with van der Waals surface area (Å²) in [6.45, 7) is 4.00. The minimum atomic E-state index is -3.84. The molecule has 0 spiro atoms. The molecule has 3 rings (SSSR count). The number of amides is 1. The number of furan rings is 1. The second-order valence-corrected chi connectivity index (χ2v) is 7.94. The molecule has 1 amide bonds. The molecule has 0 aliphatic carbocycles. The summed E-state index contributed by atoms with van der Waals surface area (Å²) in [6.07, 6.45) is 0. The zero-order valence-corrected chi connectivity index (χ0v) is 16.1. The lowest BCUT2D eigenvalue weighted by molar-refractivity contribution is 0.0951. The maximum atomic E-state index is 13.0. The summed E-state index contributed by atoms with van der Waals surface area (Å²) in [5, 5.41) is 2.80. The summed E-state index contributed by atoms with van der Waals surface area (Å²) in [6, 6.07) is 12.4. The van der Waals surface area contributed by atoms with Crippen LogP contribution < -0.4 is 10.0 Å². The second kappa shape index (κ2) is 7.85. The molecule has 6 nitrogen and oxygen atoms in total. The van der Waals surface area contributed by atoms with Crippen LogP contribution in [-0.4, -0.2) is 14.3 Å². The Kier molecular flexibility index (Phi) is 5.51. The van der Waals surface area contributed by atoms with E-state index in [0.717, 1.165) is 29.2 Å². The van der Waals surface area contributed by atoms with E-state index in [9.17, 15) is 17.6 Å². The number of hydrogen-bond donors (Lipinski definition) is 2. The number of carbonyl (C=O) groups excluding carboxylic acids is 1. The van der Waals surface area contributed by atoms with E-state index in [2.05, 4.69) is 10.0 Å². The molecule has 0 unspecified atom stereocenters. The average molecular weight is 402 g/mol. The van der Waals surface area contributed by atoms with Gasteiger partial charge in [0.25, 0.3) is 15.9 Å². The van der Waals surface area contributed by atoms with Crippen molar-refractivity contribution in [2.75, 3.05) is 4.72 Å². The van der Waals surface area contributed by atoms with E-state index >= 15 is 0 Å². The fraction of sp³-hybridized carbons (Fsp3) is 0.150. The van der Waals surface area contributed by atoms with Gasteiger partial charge in [0, 0.05) is 23.4 Å². The van der Waals surface area contributed by atoms with Crippen LogP contribution in [0.3, 0.4) is 0 Å². The summed E-state index contributed by atoms with van der Waals surface area (Å²) in [5.41, 5.74) is 1.58. The number of hydrogen-bond acceptors (Lipinski definition) is 4. The highest BCUT2D eigenvalue weighted by Gasteiger charge is 2.15. The highest BCUT2D eigenvalue weighted by atomic mass is 32.2. The molecule has 0 saturated carbocycles. The summed E-state index contributed by atoms with van der Waals surface area (Å²) < 4.78 is 45.4. The largest absolute Gasteiger partial charge is 0.466 e. The first-order chi connectivity index (χ1) is 13.2. The highest BCUT2D eigenvalue weighted by Crippen LogP contribution is 2.18. The molecule has 1 heterocycles. The fourth-order valence-corrected chi connectivity index (χ4v) is 3.71. The average Bonchev–Trinajstić information content (AvgIpc) is 2.97. The third-order valence-electron chi connectivity index (χ3n) is 4.11. The van der Waals surface area contributed by atoms with Crippen LogP contribution in [0.25, 0.3) is 0 Å². The van der Waals surface area contributed by atoms with Crippen LogP contribution in [0.5, 0.6) is 0 Å². The summed E-state index contributed by atoms with van der Waals surface area (Å²) in [5.74, 6) is 0.726. The fourth-order valence-electron chi connectivity index (χ4n) is 2.65. The SMILES string of the molecule is Cc1cc(CNC(=O)c2ccc(NS(=O)(=O)c3ccc(F)cc3)cc2)c(C)o1. The van der Waals surface area contributed by atoms with Gasteiger partial charge in [0.1, 0.15) is 17.3 Å². The minimum Gasteiger partial charge on any atom is -0.466 e. The van der Waals surface area contributed by atoms with Crippen molar-refractivity contribution in [3.05, 3.63) is 83.1 Å². The second-order valence-electron chi connectivity index (χ2n) is 6.26. The first kappa shape index (κ1) is 19.6. The standard InChI is InChI=1S/C20H19FN2O4S/c1-13-11-16(14(2)27-13)12-22-20(24)15-3-7-18(8-4-15)23-28(25,26)19-9-5-17(21)6-10-19/h3-11,23H,12H2,1-2H3,(H,22,24). The summed E-state index contributed by atoms with van der Waals surface area (Å²) in [7, 11) is -3.84. The number of anilines is 1. The van der Waals surface area contributed by atoms with E-state index in [-0.39, 0.29) is 10.8 Å². The number of carbonyl (C=O) groups is 1. The van der Waals surface area contributed by atoms with Crippen LogP contribution in [-0.2, 0) is 16.6 Å². The third kappa shape index (κ3) is 4.58. The molecule has 1 aromatic heterocycles. The van der Waals surface area contributed by atoms with Crippen LogP contribution in [0.4, 0.5) is 10.1 Å². The van der Waals surface area contributed by atoms with E-state index < -0.39 is 15.8 Å². The predicted octanol–water partition coefficient (Wildman–Crippen LogP) is 3.77. The van der Waals surface area contributed by atoms with Crippen LogP contribution >= 0.6 is 0 Å². The van der Waals surface area contributed by atoms with Crippen LogP contribution in [0.2, 0.25) is 0 Å². The van der Waals surface area contributed by atoms with Gasteiger partial charge in [-0.2, -0.15) is 0 Å². The molecule has 146 valence electrons. The first-order valence-electron chi connectivity index (χ1n) is 8.47. The smallest absolute Gasteiger partial charge is 0.261 e. The van der Waals surface area contributed by atoms with Crippen molar-refractivity contribution in [3.8, 4) is 0 Å². The molecular weight excluding hydrogens is 383 g/mol. The van der Waals surface area contributed by atoms with Gasteiger partial charge in [-0.05, 0) is 68.4 Å². The Hall–Kier alpha value is -3.13. The number of nitrogens with one attached hydrogen (secondary N) is 2. The maximum absolute atomic E-state index is 13.0. The van der Waals surface area contributed by atoms with Crippen molar-refractivity contribution in [1.29, 1.82) is 0 Å². The first-order valence-corrected chi connectivity index (χ1v) is 9.95. The van der Waals surface area contributed by atoms with Gasteiger partial charge in [-0.25, -0.2) is 12.8 Å². The molecular formula is C20H19FN2O4S. The van der Waals surface area contributed by atoms with E-state index in [0.29, 0.717) is 17.8 Å². The Labute approximate surface area is 162 Å². The molecule has 0 bridgehead atoms. The Morgan fingerprint density at radius 1 is 1.04 bits per heavy atom. The zero-order chi connectivity index (χ0) is 20.3. The van der Waals surface area contributed by atoms with Crippen molar-refractivity contribution in [1.82, 2.24) is 5.32 Å². The molecule has 0 atom stereocenters.